The van der Waals surface area contributed by atoms with E-state index in [1.165, 1.54) is 11.8 Å². The maximum Gasteiger partial charge on any atom is 0.266 e. The molecule has 7 heteroatoms. The van der Waals surface area contributed by atoms with Crippen LogP contribution in [-0.4, -0.2) is 18.9 Å². The lowest BCUT2D eigenvalue weighted by Crippen LogP contribution is -2.22. The van der Waals surface area contributed by atoms with Crippen LogP contribution in [0.15, 0.2) is 81.6 Å². The van der Waals surface area contributed by atoms with Crippen LogP contribution in [0.2, 0.25) is 0 Å². The van der Waals surface area contributed by atoms with Gasteiger partial charge >= 0.3 is 0 Å². The first-order valence-corrected chi connectivity index (χ1v) is 11.6. The SMILES string of the molecule is Cc1ccc(-n2c(SCc3cc(=O)n4cc(C)ccc4n3)nc3ccccc3c2=O)c(C)c1. The normalized spacial score (nSPS) is 11.4. The molecule has 2 aromatic carbocycles. The van der Waals surface area contributed by atoms with Gasteiger partial charge in [-0.3, -0.25) is 18.6 Å². The van der Waals surface area contributed by atoms with E-state index in [4.69, 9.17) is 4.98 Å². The van der Waals surface area contributed by atoms with Crippen molar-refractivity contribution in [3.63, 3.8) is 0 Å². The highest BCUT2D eigenvalue weighted by molar-refractivity contribution is 7.98. The first-order chi connectivity index (χ1) is 15.9. The van der Waals surface area contributed by atoms with Crippen LogP contribution >= 0.6 is 11.8 Å². The summed E-state index contributed by atoms with van der Waals surface area (Å²) in [6, 6.07) is 18.7. The largest absolute Gasteiger partial charge is 0.269 e. The Kier molecular flexibility index (Phi) is 5.34. The lowest BCUT2D eigenvalue weighted by Gasteiger charge is -2.15. The highest BCUT2D eigenvalue weighted by Gasteiger charge is 2.15. The molecular formula is C26H22N4O2S. The average Bonchev–Trinajstić information content (AvgIpc) is 2.79. The van der Waals surface area contributed by atoms with Crippen LogP contribution in [0.3, 0.4) is 0 Å². The Labute approximate surface area is 194 Å². The molecule has 0 amide bonds. The molecule has 5 aromatic rings. The fourth-order valence-corrected chi connectivity index (χ4v) is 4.85. The minimum atomic E-state index is -0.127. The molecule has 0 unspecified atom stereocenters. The number of nitrogens with zero attached hydrogens (tertiary/aromatic N) is 4. The molecule has 0 aliphatic heterocycles. The van der Waals surface area contributed by atoms with Crippen molar-refractivity contribution in [2.45, 2.75) is 31.7 Å². The van der Waals surface area contributed by atoms with Crippen LogP contribution in [0, 0.1) is 20.8 Å². The Balaban J connectivity index is 1.62. The molecular weight excluding hydrogens is 432 g/mol. The van der Waals surface area contributed by atoms with Crippen molar-refractivity contribution >= 4 is 28.3 Å². The van der Waals surface area contributed by atoms with Gasteiger partial charge in [-0.15, -0.1) is 0 Å². The zero-order valence-electron chi connectivity index (χ0n) is 18.6. The minimum absolute atomic E-state index is 0.114. The topological polar surface area (TPSA) is 69.3 Å². The van der Waals surface area contributed by atoms with Gasteiger partial charge in [-0.1, -0.05) is 47.7 Å². The second kappa shape index (κ2) is 8.33. The highest BCUT2D eigenvalue weighted by atomic mass is 32.2. The summed E-state index contributed by atoms with van der Waals surface area (Å²) < 4.78 is 3.21. The van der Waals surface area contributed by atoms with E-state index in [2.05, 4.69) is 11.1 Å². The third-order valence-corrected chi connectivity index (χ3v) is 6.52. The van der Waals surface area contributed by atoms with Gasteiger partial charge in [0.2, 0.25) is 0 Å². The van der Waals surface area contributed by atoms with E-state index >= 15 is 0 Å². The monoisotopic (exact) mass is 454 g/mol. The van der Waals surface area contributed by atoms with E-state index in [9.17, 15) is 9.59 Å². The number of thioether (sulfide) groups is 1. The van der Waals surface area contributed by atoms with E-state index in [0.717, 1.165) is 22.4 Å². The van der Waals surface area contributed by atoms with Gasteiger partial charge in [0.1, 0.15) is 5.65 Å². The first kappa shape index (κ1) is 21.2. The van der Waals surface area contributed by atoms with E-state index in [1.54, 1.807) is 27.3 Å². The minimum Gasteiger partial charge on any atom is -0.269 e. The molecule has 164 valence electrons. The van der Waals surface area contributed by atoms with Crippen molar-refractivity contribution in [3.05, 3.63) is 110 Å². The number of hydrogen-bond donors (Lipinski definition) is 0. The van der Waals surface area contributed by atoms with Crippen molar-refractivity contribution in [2.75, 3.05) is 0 Å². The van der Waals surface area contributed by atoms with Crippen LogP contribution in [-0.2, 0) is 5.75 Å². The van der Waals surface area contributed by atoms with Crippen molar-refractivity contribution in [3.8, 4) is 5.69 Å². The van der Waals surface area contributed by atoms with Crippen LogP contribution in [0.25, 0.3) is 22.2 Å². The second-order valence-electron chi connectivity index (χ2n) is 8.15. The van der Waals surface area contributed by atoms with Gasteiger partial charge in [0.25, 0.3) is 11.1 Å². The van der Waals surface area contributed by atoms with Gasteiger partial charge in [0, 0.05) is 18.0 Å². The van der Waals surface area contributed by atoms with Crippen LogP contribution in [0.1, 0.15) is 22.4 Å². The summed E-state index contributed by atoms with van der Waals surface area (Å²) in [5, 5.41) is 1.14. The number of pyridine rings is 1. The van der Waals surface area contributed by atoms with Gasteiger partial charge in [0.05, 0.1) is 22.3 Å². The highest BCUT2D eigenvalue weighted by Crippen LogP contribution is 2.26. The summed E-state index contributed by atoms with van der Waals surface area (Å²) in [5.74, 6) is 0.412. The second-order valence-corrected chi connectivity index (χ2v) is 9.09. The van der Waals surface area contributed by atoms with Crippen molar-refractivity contribution < 1.29 is 0 Å². The van der Waals surface area contributed by atoms with Gasteiger partial charge in [-0.25, -0.2) is 9.97 Å². The van der Waals surface area contributed by atoms with E-state index in [0.29, 0.717) is 33.2 Å². The molecule has 0 bridgehead atoms. The fraction of sp³-hybridized carbons (Fsp3) is 0.154. The summed E-state index contributed by atoms with van der Waals surface area (Å²) in [6.45, 7) is 5.96. The molecule has 0 radical (unpaired) electrons. The molecule has 0 saturated heterocycles. The van der Waals surface area contributed by atoms with Crippen molar-refractivity contribution in [1.29, 1.82) is 0 Å². The predicted molar refractivity (Wildman–Crippen MR) is 133 cm³/mol. The van der Waals surface area contributed by atoms with Gasteiger partial charge < -0.3 is 0 Å². The summed E-state index contributed by atoms with van der Waals surface area (Å²) in [6.07, 6.45) is 1.78. The third kappa shape index (κ3) is 3.96. The number of para-hydroxylation sites is 1. The van der Waals surface area contributed by atoms with E-state index < -0.39 is 0 Å². The lowest BCUT2D eigenvalue weighted by molar-refractivity contribution is 0.813. The third-order valence-electron chi connectivity index (χ3n) is 5.55. The summed E-state index contributed by atoms with van der Waals surface area (Å²) in [5.41, 5.74) is 5.56. The summed E-state index contributed by atoms with van der Waals surface area (Å²) in [4.78, 5) is 35.5. The molecule has 3 aromatic heterocycles. The smallest absolute Gasteiger partial charge is 0.266 e. The van der Waals surface area contributed by atoms with Crippen molar-refractivity contribution in [2.24, 2.45) is 0 Å². The molecule has 0 atom stereocenters. The number of rotatable bonds is 4. The van der Waals surface area contributed by atoms with Gasteiger partial charge in [0.15, 0.2) is 5.16 Å². The fourth-order valence-electron chi connectivity index (χ4n) is 3.95. The maximum atomic E-state index is 13.5. The summed E-state index contributed by atoms with van der Waals surface area (Å²) in [7, 11) is 0. The quantitative estimate of drug-likeness (QED) is 0.293. The molecule has 5 rings (SSSR count). The average molecular weight is 455 g/mol. The Morgan fingerprint density at radius 3 is 2.48 bits per heavy atom. The van der Waals surface area contributed by atoms with E-state index in [1.807, 2.05) is 63.2 Å². The molecule has 33 heavy (non-hydrogen) atoms. The number of aryl methyl sites for hydroxylation is 3. The molecule has 0 aliphatic rings. The van der Waals surface area contributed by atoms with Gasteiger partial charge in [-0.05, 0) is 56.2 Å². The van der Waals surface area contributed by atoms with Crippen LogP contribution in [0.4, 0.5) is 0 Å². The lowest BCUT2D eigenvalue weighted by atomic mass is 10.1. The molecule has 0 saturated carbocycles. The number of fused-ring (bicyclic) bond motifs is 2. The van der Waals surface area contributed by atoms with Gasteiger partial charge in [-0.2, -0.15) is 0 Å². The van der Waals surface area contributed by atoms with Crippen molar-refractivity contribution in [1.82, 2.24) is 18.9 Å². The Bertz CT molecular complexity index is 1650. The Morgan fingerprint density at radius 2 is 1.67 bits per heavy atom. The summed E-state index contributed by atoms with van der Waals surface area (Å²) >= 11 is 1.40. The number of hydrogen-bond acceptors (Lipinski definition) is 5. The maximum absolute atomic E-state index is 13.5. The Hall–Kier alpha value is -3.71. The molecule has 0 fully saturated rings. The number of aromatic nitrogens is 4. The van der Waals surface area contributed by atoms with Crippen LogP contribution < -0.4 is 11.1 Å². The Morgan fingerprint density at radius 1 is 0.879 bits per heavy atom. The molecule has 0 spiro atoms. The van der Waals surface area contributed by atoms with Crippen LogP contribution in [0.5, 0.6) is 0 Å². The first-order valence-electron chi connectivity index (χ1n) is 10.6. The molecule has 6 nitrogen and oxygen atoms in total. The number of benzene rings is 2. The molecule has 3 heterocycles. The predicted octanol–water partition coefficient (Wildman–Crippen LogP) is 4.61. The molecule has 0 N–H and O–H groups in total. The zero-order valence-corrected chi connectivity index (χ0v) is 19.4. The standard InChI is InChI=1S/C26H22N4O2S/c1-16-8-10-22(18(3)12-16)30-25(32)20-6-4-5-7-21(20)28-26(30)33-15-19-13-24(31)29-14-17(2)9-11-23(29)27-19/h4-14H,15H2,1-3H3. The zero-order chi connectivity index (χ0) is 23.1. The molecule has 0 aliphatic carbocycles. The van der Waals surface area contributed by atoms with E-state index in [-0.39, 0.29) is 11.1 Å².